The van der Waals surface area contributed by atoms with Gasteiger partial charge in [-0.15, -0.1) is 0 Å². The van der Waals surface area contributed by atoms with Gasteiger partial charge in [-0.2, -0.15) is 5.10 Å². The molecule has 0 aliphatic rings. The Morgan fingerprint density at radius 1 is 1.07 bits per heavy atom. The summed E-state index contributed by atoms with van der Waals surface area (Å²) in [5.74, 6) is -1.60. The first-order valence-electron chi connectivity index (χ1n) is 9.47. The van der Waals surface area contributed by atoms with Gasteiger partial charge in [0.15, 0.2) is 17.7 Å². The molecular weight excluding hydrogens is 387 g/mol. The molecule has 30 heavy (non-hydrogen) atoms. The Hall–Kier alpha value is -3.68. The first-order valence-corrected chi connectivity index (χ1v) is 9.47. The van der Waals surface area contributed by atoms with Crippen LogP contribution < -0.4 is 15.6 Å². The minimum atomic E-state index is -0.994. The number of benzene rings is 2. The van der Waals surface area contributed by atoms with E-state index in [4.69, 9.17) is 4.74 Å². The van der Waals surface area contributed by atoms with Gasteiger partial charge in [0, 0.05) is 11.3 Å². The Balaban J connectivity index is 1.58. The van der Waals surface area contributed by atoms with Crippen LogP contribution >= 0.6 is 0 Å². The average molecular weight is 410 g/mol. The Morgan fingerprint density at radius 3 is 2.43 bits per heavy atom. The topological polar surface area (TPSA) is 85.3 Å². The first-order chi connectivity index (χ1) is 14.4. The van der Waals surface area contributed by atoms with E-state index in [9.17, 15) is 14.0 Å². The number of carbonyl (C=O) groups excluding carboxylic acids is 2. The molecular formula is C22H23FN4O3. The second kappa shape index (κ2) is 9.21. The Morgan fingerprint density at radius 2 is 1.73 bits per heavy atom. The molecule has 3 rings (SSSR count). The number of nitrogens with zero attached hydrogens (tertiary/aromatic N) is 2. The van der Waals surface area contributed by atoms with E-state index in [1.54, 1.807) is 10.7 Å². The fourth-order valence-electron chi connectivity index (χ4n) is 2.97. The van der Waals surface area contributed by atoms with E-state index in [0.29, 0.717) is 0 Å². The molecule has 0 radical (unpaired) electrons. The molecule has 0 spiro atoms. The third kappa shape index (κ3) is 4.83. The van der Waals surface area contributed by atoms with Crippen molar-refractivity contribution in [3.63, 3.8) is 0 Å². The summed E-state index contributed by atoms with van der Waals surface area (Å²) in [5, 5.41) is 4.51. The summed E-state index contributed by atoms with van der Waals surface area (Å²) in [6, 6.07) is 15.4. The number of ether oxygens (including phenoxy) is 1. The van der Waals surface area contributed by atoms with Crippen LogP contribution in [0.3, 0.4) is 0 Å². The number of aromatic nitrogens is 2. The predicted octanol–water partition coefficient (Wildman–Crippen LogP) is 2.79. The molecule has 156 valence electrons. The molecule has 2 N–H and O–H groups in total. The number of hydrogen-bond acceptors (Lipinski definition) is 4. The van der Waals surface area contributed by atoms with E-state index in [1.165, 1.54) is 25.1 Å². The van der Waals surface area contributed by atoms with Crippen molar-refractivity contribution in [2.24, 2.45) is 0 Å². The third-order valence-electron chi connectivity index (χ3n) is 4.61. The molecule has 1 aromatic heterocycles. The maximum absolute atomic E-state index is 13.6. The number of para-hydroxylation sites is 2. The van der Waals surface area contributed by atoms with Crippen LogP contribution in [0.2, 0.25) is 0 Å². The molecule has 0 aliphatic carbocycles. The summed E-state index contributed by atoms with van der Waals surface area (Å²) in [7, 11) is 0. The molecule has 0 saturated heterocycles. The standard InChI is InChI=1S/C22H23FN4O3/c1-14-18(15(2)27(26-14)17-9-5-4-6-10-17)13-21(28)24-25-22(29)16(3)30-20-12-8-7-11-19(20)23/h4-12,16H,13H2,1-3H3,(H,24,28)(H,25,29). The van der Waals surface area contributed by atoms with Crippen LogP contribution in [-0.2, 0) is 16.0 Å². The summed E-state index contributed by atoms with van der Waals surface area (Å²) in [4.78, 5) is 24.5. The van der Waals surface area contributed by atoms with Gasteiger partial charge < -0.3 is 4.74 Å². The molecule has 8 heteroatoms. The lowest BCUT2D eigenvalue weighted by Gasteiger charge is -2.15. The van der Waals surface area contributed by atoms with Crippen molar-refractivity contribution in [2.45, 2.75) is 33.3 Å². The van der Waals surface area contributed by atoms with Crippen molar-refractivity contribution in [2.75, 3.05) is 0 Å². The molecule has 2 aromatic carbocycles. The minimum absolute atomic E-state index is 0.0361. The van der Waals surface area contributed by atoms with Crippen LogP contribution in [0.15, 0.2) is 54.6 Å². The van der Waals surface area contributed by atoms with Gasteiger partial charge in [-0.05, 0) is 45.0 Å². The second-order valence-corrected chi connectivity index (χ2v) is 6.80. The van der Waals surface area contributed by atoms with Gasteiger partial charge in [-0.25, -0.2) is 9.07 Å². The van der Waals surface area contributed by atoms with Gasteiger partial charge in [0.25, 0.3) is 5.91 Å². The number of aryl methyl sites for hydroxylation is 1. The van der Waals surface area contributed by atoms with E-state index >= 15 is 0 Å². The van der Waals surface area contributed by atoms with Gasteiger partial charge in [0.1, 0.15) is 0 Å². The predicted molar refractivity (Wildman–Crippen MR) is 110 cm³/mol. The highest BCUT2D eigenvalue weighted by Crippen LogP contribution is 2.19. The van der Waals surface area contributed by atoms with Crippen molar-refractivity contribution in [3.05, 3.63) is 77.4 Å². The quantitative estimate of drug-likeness (QED) is 0.612. The maximum Gasteiger partial charge on any atom is 0.279 e. The van der Waals surface area contributed by atoms with E-state index in [0.717, 1.165) is 22.6 Å². The lowest BCUT2D eigenvalue weighted by atomic mass is 10.1. The van der Waals surface area contributed by atoms with Crippen molar-refractivity contribution in [3.8, 4) is 11.4 Å². The number of amides is 2. The second-order valence-electron chi connectivity index (χ2n) is 6.80. The van der Waals surface area contributed by atoms with E-state index in [-0.39, 0.29) is 12.2 Å². The molecule has 1 unspecified atom stereocenters. The van der Waals surface area contributed by atoms with Crippen LogP contribution in [0.1, 0.15) is 23.9 Å². The average Bonchev–Trinajstić information content (AvgIpc) is 3.02. The van der Waals surface area contributed by atoms with Crippen molar-refractivity contribution < 1.29 is 18.7 Å². The normalized spacial score (nSPS) is 11.6. The molecule has 1 heterocycles. The van der Waals surface area contributed by atoms with Crippen molar-refractivity contribution in [1.29, 1.82) is 0 Å². The molecule has 0 fully saturated rings. The highest BCUT2D eigenvalue weighted by molar-refractivity contribution is 5.85. The van der Waals surface area contributed by atoms with Gasteiger partial charge in [0.2, 0.25) is 5.91 Å². The highest BCUT2D eigenvalue weighted by Gasteiger charge is 2.19. The monoisotopic (exact) mass is 410 g/mol. The summed E-state index contributed by atoms with van der Waals surface area (Å²) < 4.78 is 20.7. The van der Waals surface area contributed by atoms with E-state index < -0.39 is 23.7 Å². The number of hydrogen-bond donors (Lipinski definition) is 2. The Bertz CT molecular complexity index is 1050. The number of nitrogens with one attached hydrogen (secondary N) is 2. The smallest absolute Gasteiger partial charge is 0.279 e. The fourth-order valence-corrected chi connectivity index (χ4v) is 2.97. The van der Waals surface area contributed by atoms with Crippen LogP contribution in [0.25, 0.3) is 5.69 Å². The zero-order chi connectivity index (χ0) is 21.7. The number of hydrazine groups is 1. The van der Waals surface area contributed by atoms with Crippen molar-refractivity contribution in [1.82, 2.24) is 20.6 Å². The Kier molecular flexibility index (Phi) is 6.46. The van der Waals surface area contributed by atoms with E-state index in [1.807, 2.05) is 44.2 Å². The zero-order valence-electron chi connectivity index (χ0n) is 17.0. The van der Waals surface area contributed by atoms with Gasteiger partial charge in [0.05, 0.1) is 17.8 Å². The molecule has 2 amide bonds. The van der Waals surface area contributed by atoms with Gasteiger partial charge in [-0.1, -0.05) is 30.3 Å². The largest absolute Gasteiger partial charge is 0.478 e. The molecule has 1 atom stereocenters. The molecule has 7 nitrogen and oxygen atoms in total. The molecule has 0 aliphatic heterocycles. The number of rotatable bonds is 6. The zero-order valence-corrected chi connectivity index (χ0v) is 17.0. The van der Waals surface area contributed by atoms with E-state index in [2.05, 4.69) is 16.0 Å². The van der Waals surface area contributed by atoms with Crippen LogP contribution in [0.5, 0.6) is 5.75 Å². The highest BCUT2D eigenvalue weighted by atomic mass is 19.1. The van der Waals surface area contributed by atoms with Crippen molar-refractivity contribution >= 4 is 11.8 Å². The van der Waals surface area contributed by atoms with Crippen LogP contribution in [-0.4, -0.2) is 27.7 Å². The summed E-state index contributed by atoms with van der Waals surface area (Å²) in [6.07, 6.45) is -0.945. The molecule has 0 bridgehead atoms. The number of carbonyl (C=O) groups is 2. The van der Waals surface area contributed by atoms with Crippen LogP contribution in [0.4, 0.5) is 4.39 Å². The SMILES string of the molecule is Cc1nn(-c2ccccc2)c(C)c1CC(=O)NNC(=O)C(C)Oc1ccccc1F. The van der Waals surface area contributed by atoms with Crippen LogP contribution in [0, 0.1) is 19.7 Å². The fraction of sp³-hybridized carbons (Fsp3) is 0.227. The lowest BCUT2D eigenvalue weighted by molar-refractivity contribution is -0.132. The number of halogens is 1. The summed E-state index contributed by atoms with van der Waals surface area (Å²) in [5.41, 5.74) is 7.93. The lowest BCUT2D eigenvalue weighted by Crippen LogP contribution is -2.47. The summed E-state index contributed by atoms with van der Waals surface area (Å²) in [6.45, 7) is 5.18. The van der Waals surface area contributed by atoms with Gasteiger partial charge in [-0.3, -0.25) is 20.4 Å². The third-order valence-corrected chi connectivity index (χ3v) is 4.61. The Labute approximate surface area is 173 Å². The first kappa shape index (κ1) is 21.0. The molecule has 0 saturated carbocycles. The minimum Gasteiger partial charge on any atom is -0.478 e. The maximum atomic E-state index is 13.6. The summed E-state index contributed by atoms with van der Waals surface area (Å²) >= 11 is 0. The molecule has 3 aromatic rings. The van der Waals surface area contributed by atoms with Gasteiger partial charge >= 0.3 is 0 Å².